The van der Waals surface area contributed by atoms with Gasteiger partial charge in [0.15, 0.2) is 26.1 Å². The summed E-state index contributed by atoms with van der Waals surface area (Å²) in [5, 5.41) is 11.0. The molecule has 8 heteroatoms. The highest BCUT2D eigenvalue weighted by molar-refractivity contribution is 7.93. The van der Waals surface area contributed by atoms with Crippen molar-refractivity contribution in [2.24, 2.45) is 0 Å². The van der Waals surface area contributed by atoms with Crippen molar-refractivity contribution in [2.45, 2.75) is 55.7 Å². The number of carbonyl (C=O) groups excluding carboxylic acids is 1. The van der Waals surface area contributed by atoms with E-state index in [-0.39, 0.29) is 11.4 Å². The van der Waals surface area contributed by atoms with E-state index in [0.29, 0.717) is 37.2 Å². The molecule has 1 N–H and O–H groups in total. The first-order chi connectivity index (χ1) is 13.8. The number of carbonyl (C=O) groups is 1. The maximum atomic E-state index is 13.5. The van der Waals surface area contributed by atoms with Crippen LogP contribution in [0.2, 0.25) is 0 Å². The smallest absolute Gasteiger partial charge is 0.242 e. The highest BCUT2D eigenvalue weighted by Gasteiger charge is 2.52. The van der Waals surface area contributed by atoms with Gasteiger partial charge >= 0.3 is 0 Å². The summed E-state index contributed by atoms with van der Waals surface area (Å²) < 4.78 is 27.4. The molecule has 1 aromatic carbocycles. The molecule has 0 radical (unpaired) electrons. The van der Waals surface area contributed by atoms with E-state index in [1.807, 2.05) is 38.2 Å². The van der Waals surface area contributed by atoms with Crippen LogP contribution >= 0.6 is 0 Å². The van der Waals surface area contributed by atoms with Gasteiger partial charge in [0.05, 0.1) is 11.4 Å². The Labute approximate surface area is 170 Å². The topological polar surface area (TPSA) is 93.4 Å². The predicted molar refractivity (Wildman–Crippen MR) is 109 cm³/mol. The molecule has 1 amide bonds. The Bertz CT molecular complexity index is 1180. The molecule has 1 aliphatic rings. The standard InChI is InChI=1S/C21H24N4O3S/c1-15-8-9-17(13-16(15)2)29(27,28)21(10-4-5-11-21)20(26)22-14-19-24-23-18-7-3-6-12-25(18)19/h3,6-9,12-13H,4-5,10-11,14H2,1-2H3,(H,22,26). The molecule has 7 nitrogen and oxygen atoms in total. The van der Waals surface area contributed by atoms with Crippen LogP contribution in [0, 0.1) is 13.8 Å². The van der Waals surface area contributed by atoms with Crippen LogP contribution in [0.4, 0.5) is 0 Å². The molecule has 1 fully saturated rings. The van der Waals surface area contributed by atoms with Crippen molar-refractivity contribution in [2.75, 3.05) is 0 Å². The van der Waals surface area contributed by atoms with E-state index in [2.05, 4.69) is 15.5 Å². The molecule has 29 heavy (non-hydrogen) atoms. The number of sulfone groups is 1. The zero-order chi connectivity index (χ0) is 20.6. The molecule has 2 aromatic heterocycles. The lowest BCUT2D eigenvalue weighted by atomic mass is 10.1. The monoisotopic (exact) mass is 412 g/mol. The summed E-state index contributed by atoms with van der Waals surface area (Å²) in [6, 6.07) is 10.6. The molecule has 3 aromatic rings. The number of aryl methyl sites for hydroxylation is 2. The van der Waals surface area contributed by atoms with Gasteiger partial charge in [-0.1, -0.05) is 25.0 Å². The normalized spacial score (nSPS) is 16.2. The van der Waals surface area contributed by atoms with Gasteiger partial charge in [-0.25, -0.2) is 8.42 Å². The molecule has 0 spiro atoms. The van der Waals surface area contributed by atoms with E-state index in [0.717, 1.165) is 11.1 Å². The maximum Gasteiger partial charge on any atom is 0.242 e. The van der Waals surface area contributed by atoms with Gasteiger partial charge in [0.1, 0.15) is 0 Å². The van der Waals surface area contributed by atoms with Crippen LogP contribution < -0.4 is 5.32 Å². The van der Waals surface area contributed by atoms with Gasteiger partial charge in [0, 0.05) is 6.20 Å². The summed E-state index contributed by atoms with van der Waals surface area (Å²) in [5.74, 6) is 0.103. The minimum absolute atomic E-state index is 0.119. The molecule has 0 aliphatic heterocycles. The second-order valence-electron chi connectivity index (χ2n) is 7.68. The Kier molecular flexibility index (Phi) is 4.90. The van der Waals surface area contributed by atoms with Crippen LogP contribution in [-0.2, 0) is 21.2 Å². The van der Waals surface area contributed by atoms with Crippen molar-refractivity contribution in [3.05, 3.63) is 59.5 Å². The first-order valence-corrected chi connectivity index (χ1v) is 11.2. The molecule has 0 bridgehead atoms. The van der Waals surface area contributed by atoms with Crippen molar-refractivity contribution >= 4 is 21.4 Å². The van der Waals surface area contributed by atoms with Crippen LogP contribution in [-0.4, -0.2) is 33.7 Å². The average Bonchev–Trinajstić information content (AvgIpc) is 3.36. The zero-order valence-corrected chi connectivity index (χ0v) is 17.4. The summed E-state index contributed by atoms with van der Waals surface area (Å²) in [4.78, 5) is 13.4. The molecule has 1 saturated carbocycles. The van der Waals surface area contributed by atoms with Gasteiger partial charge in [0.25, 0.3) is 0 Å². The first-order valence-electron chi connectivity index (χ1n) is 9.74. The van der Waals surface area contributed by atoms with E-state index in [1.54, 1.807) is 22.6 Å². The fraction of sp³-hybridized carbons (Fsp3) is 0.381. The van der Waals surface area contributed by atoms with Gasteiger partial charge in [-0.05, 0) is 62.1 Å². The fourth-order valence-electron chi connectivity index (χ4n) is 4.00. The molecule has 1 aliphatic carbocycles. The Balaban J connectivity index is 1.63. The van der Waals surface area contributed by atoms with Crippen molar-refractivity contribution in [1.29, 1.82) is 0 Å². The molecule has 4 rings (SSSR count). The lowest BCUT2D eigenvalue weighted by Crippen LogP contribution is -2.50. The van der Waals surface area contributed by atoms with Gasteiger partial charge in [-0.2, -0.15) is 0 Å². The van der Waals surface area contributed by atoms with Gasteiger partial charge in [-0.3, -0.25) is 9.20 Å². The lowest BCUT2D eigenvalue weighted by Gasteiger charge is -2.27. The summed E-state index contributed by atoms with van der Waals surface area (Å²) in [7, 11) is -3.83. The van der Waals surface area contributed by atoms with Crippen LogP contribution in [0.25, 0.3) is 5.65 Å². The quantitative estimate of drug-likeness (QED) is 0.695. The number of fused-ring (bicyclic) bond motifs is 1. The number of hydrogen-bond donors (Lipinski definition) is 1. The van der Waals surface area contributed by atoms with Crippen LogP contribution in [0.5, 0.6) is 0 Å². The van der Waals surface area contributed by atoms with Gasteiger partial charge < -0.3 is 5.32 Å². The molecular formula is C21H24N4O3S. The number of pyridine rings is 1. The van der Waals surface area contributed by atoms with Crippen molar-refractivity contribution < 1.29 is 13.2 Å². The average molecular weight is 413 g/mol. The largest absolute Gasteiger partial charge is 0.347 e. The third-order valence-electron chi connectivity index (χ3n) is 5.92. The van der Waals surface area contributed by atoms with Crippen molar-refractivity contribution in [3.8, 4) is 0 Å². The Morgan fingerprint density at radius 3 is 2.59 bits per heavy atom. The number of aromatic nitrogens is 3. The van der Waals surface area contributed by atoms with Gasteiger partial charge in [-0.15, -0.1) is 10.2 Å². The third kappa shape index (κ3) is 3.21. The number of amides is 1. The van der Waals surface area contributed by atoms with E-state index < -0.39 is 20.5 Å². The summed E-state index contributed by atoms with van der Waals surface area (Å²) in [5.41, 5.74) is 2.59. The SMILES string of the molecule is Cc1ccc(S(=O)(=O)C2(C(=O)NCc3nnc4ccccn34)CCCC2)cc1C. The number of hydrogen-bond acceptors (Lipinski definition) is 5. The molecular weight excluding hydrogens is 388 g/mol. The van der Waals surface area contributed by atoms with Crippen LogP contribution in [0.15, 0.2) is 47.5 Å². The molecule has 0 atom stereocenters. The van der Waals surface area contributed by atoms with Crippen LogP contribution in [0.3, 0.4) is 0 Å². The lowest BCUT2D eigenvalue weighted by molar-refractivity contribution is -0.123. The Morgan fingerprint density at radius 1 is 1.10 bits per heavy atom. The zero-order valence-electron chi connectivity index (χ0n) is 16.6. The number of nitrogens with zero attached hydrogens (tertiary/aromatic N) is 3. The second-order valence-corrected chi connectivity index (χ2v) is 9.94. The van der Waals surface area contributed by atoms with Crippen LogP contribution in [0.1, 0.15) is 42.6 Å². The minimum atomic E-state index is -3.83. The molecule has 0 saturated heterocycles. The minimum Gasteiger partial charge on any atom is -0.347 e. The third-order valence-corrected chi connectivity index (χ3v) is 8.42. The highest BCUT2D eigenvalue weighted by Crippen LogP contribution is 2.41. The summed E-state index contributed by atoms with van der Waals surface area (Å²) in [6.07, 6.45) is 3.90. The number of benzene rings is 1. The fourth-order valence-corrected chi connectivity index (χ4v) is 6.18. The Hall–Kier alpha value is -2.74. The van der Waals surface area contributed by atoms with E-state index in [4.69, 9.17) is 0 Å². The van der Waals surface area contributed by atoms with E-state index in [1.165, 1.54) is 0 Å². The maximum absolute atomic E-state index is 13.5. The van der Waals surface area contributed by atoms with E-state index >= 15 is 0 Å². The predicted octanol–water partition coefficient (Wildman–Crippen LogP) is 2.75. The van der Waals surface area contributed by atoms with Crippen molar-refractivity contribution in [1.82, 2.24) is 19.9 Å². The number of rotatable bonds is 5. The molecule has 0 unspecified atom stereocenters. The molecule has 152 valence electrons. The summed E-state index contributed by atoms with van der Waals surface area (Å²) in [6.45, 7) is 3.94. The number of nitrogens with one attached hydrogen (secondary N) is 1. The van der Waals surface area contributed by atoms with Gasteiger partial charge in [0.2, 0.25) is 5.91 Å². The van der Waals surface area contributed by atoms with E-state index in [9.17, 15) is 13.2 Å². The Morgan fingerprint density at radius 2 is 1.86 bits per heavy atom. The molecule has 2 heterocycles. The van der Waals surface area contributed by atoms with Crippen molar-refractivity contribution in [3.63, 3.8) is 0 Å². The summed E-state index contributed by atoms with van der Waals surface area (Å²) >= 11 is 0. The highest BCUT2D eigenvalue weighted by atomic mass is 32.2. The second kappa shape index (κ2) is 7.26. The first kappa shape index (κ1) is 19.6.